The lowest BCUT2D eigenvalue weighted by molar-refractivity contribution is 0.163. The first-order chi connectivity index (χ1) is 9.69. The molecule has 0 radical (unpaired) electrons. The third kappa shape index (κ3) is 3.24. The Morgan fingerprint density at radius 3 is 2.55 bits per heavy atom. The van der Waals surface area contributed by atoms with Crippen molar-refractivity contribution >= 4 is 0 Å². The van der Waals surface area contributed by atoms with Crippen molar-refractivity contribution in [3.8, 4) is 0 Å². The first kappa shape index (κ1) is 15.5. The Labute approximate surface area is 124 Å². The van der Waals surface area contributed by atoms with E-state index in [1.165, 1.54) is 31.4 Å². The summed E-state index contributed by atoms with van der Waals surface area (Å²) in [6, 6.07) is 10.1. The number of nitrogens with one attached hydrogen (secondary N) is 1. The van der Waals surface area contributed by atoms with E-state index in [4.69, 9.17) is 0 Å². The summed E-state index contributed by atoms with van der Waals surface area (Å²) in [4.78, 5) is 2.57. The summed E-state index contributed by atoms with van der Waals surface area (Å²) in [5.41, 5.74) is 3.06. The molecule has 1 aromatic rings. The van der Waals surface area contributed by atoms with Crippen molar-refractivity contribution in [2.45, 2.75) is 58.0 Å². The molecular weight excluding hydrogens is 244 g/mol. The number of hydrogen-bond donors (Lipinski definition) is 1. The van der Waals surface area contributed by atoms with Crippen molar-refractivity contribution < 1.29 is 0 Å². The summed E-state index contributed by atoms with van der Waals surface area (Å²) < 4.78 is 0. The van der Waals surface area contributed by atoms with Gasteiger partial charge in [0.25, 0.3) is 0 Å². The number of unbranched alkanes of at least 4 members (excludes halogenated alkanes) is 1. The maximum absolute atomic E-state index is 3.73. The molecule has 2 rings (SSSR count). The predicted molar refractivity (Wildman–Crippen MR) is 87.2 cm³/mol. The lowest BCUT2D eigenvalue weighted by Crippen LogP contribution is -2.46. The van der Waals surface area contributed by atoms with Crippen LogP contribution in [0.15, 0.2) is 24.3 Å². The fourth-order valence-electron chi connectivity index (χ4n) is 3.55. The largest absolute Gasteiger partial charge is 0.309 e. The Bertz CT molecular complexity index is 416. The van der Waals surface area contributed by atoms with Crippen LogP contribution in [0, 0.1) is 0 Å². The van der Waals surface area contributed by atoms with E-state index in [1.807, 2.05) is 0 Å². The number of rotatable bonds is 6. The van der Waals surface area contributed by atoms with Gasteiger partial charge in [0.2, 0.25) is 0 Å². The van der Waals surface area contributed by atoms with Gasteiger partial charge in [0, 0.05) is 12.1 Å². The van der Waals surface area contributed by atoms with E-state index >= 15 is 0 Å². The highest BCUT2D eigenvalue weighted by molar-refractivity contribution is 5.36. The molecule has 0 aromatic heterocycles. The summed E-state index contributed by atoms with van der Waals surface area (Å²) in [5, 5.41) is 3.73. The SMILES string of the molecule is CCCCN(C)C1CC(C)c2ccccc2C1NCC. The minimum Gasteiger partial charge on any atom is -0.309 e. The van der Waals surface area contributed by atoms with E-state index in [9.17, 15) is 0 Å². The van der Waals surface area contributed by atoms with Crippen molar-refractivity contribution in [2.75, 3.05) is 20.1 Å². The van der Waals surface area contributed by atoms with E-state index in [0.717, 1.165) is 6.54 Å². The van der Waals surface area contributed by atoms with Crippen LogP contribution >= 0.6 is 0 Å². The predicted octanol–water partition coefficient (Wildman–Crippen LogP) is 3.94. The Kier molecular flexibility index (Phi) is 5.62. The molecule has 0 bridgehead atoms. The topological polar surface area (TPSA) is 15.3 Å². The van der Waals surface area contributed by atoms with Crippen molar-refractivity contribution in [2.24, 2.45) is 0 Å². The first-order valence-corrected chi connectivity index (χ1v) is 8.21. The molecule has 1 N–H and O–H groups in total. The number of fused-ring (bicyclic) bond motifs is 1. The molecule has 20 heavy (non-hydrogen) atoms. The highest BCUT2D eigenvalue weighted by atomic mass is 15.2. The highest BCUT2D eigenvalue weighted by Gasteiger charge is 2.34. The van der Waals surface area contributed by atoms with Gasteiger partial charge in [-0.25, -0.2) is 0 Å². The molecule has 0 aliphatic heterocycles. The van der Waals surface area contributed by atoms with Crippen LogP contribution in [0.5, 0.6) is 0 Å². The Balaban J connectivity index is 2.24. The average Bonchev–Trinajstić information content (AvgIpc) is 2.47. The highest BCUT2D eigenvalue weighted by Crippen LogP contribution is 2.39. The summed E-state index contributed by atoms with van der Waals surface area (Å²) >= 11 is 0. The van der Waals surface area contributed by atoms with Gasteiger partial charge in [-0.3, -0.25) is 0 Å². The van der Waals surface area contributed by atoms with Gasteiger partial charge in [-0.05, 0) is 50.0 Å². The molecule has 2 nitrogen and oxygen atoms in total. The molecule has 0 saturated heterocycles. The quantitative estimate of drug-likeness (QED) is 0.845. The zero-order chi connectivity index (χ0) is 14.5. The second-order valence-corrected chi connectivity index (χ2v) is 6.20. The second kappa shape index (κ2) is 7.24. The standard InChI is InChI=1S/C18H30N2/c1-5-7-12-20(4)17-13-14(3)15-10-8-9-11-16(15)18(17)19-6-2/h8-11,14,17-19H,5-7,12-13H2,1-4H3. The number of benzene rings is 1. The molecule has 0 heterocycles. The molecule has 0 amide bonds. The lowest BCUT2D eigenvalue weighted by atomic mass is 9.77. The van der Waals surface area contributed by atoms with Crippen LogP contribution in [0.25, 0.3) is 0 Å². The van der Waals surface area contributed by atoms with Crippen LogP contribution in [-0.2, 0) is 0 Å². The molecule has 1 aliphatic rings. The van der Waals surface area contributed by atoms with Gasteiger partial charge in [0.15, 0.2) is 0 Å². The molecule has 1 aliphatic carbocycles. The molecule has 0 saturated carbocycles. The number of nitrogens with zero attached hydrogens (tertiary/aromatic N) is 1. The Morgan fingerprint density at radius 2 is 1.90 bits per heavy atom. The van der Waals surface area contributed by atoms with Gasteiger partial charge in [0.05, 0.1) is 0 Å². The van der Waals surface area contributed by atoms with Gasteiger partial charge in [-0.15, -0.1) is 0 Å². The zero-order valence-electron chi connectivity index (χ0n) is 13.5. The number of hydrogen-bond acceptors (Lipinski definition) is 2. The zero-order valence-corrected chi connectivity index (χ0v) is 13.5. The third-order valence-corrected chi connectivity index (χ3v) is 4.70. The Hall–Kier alpha value is -0.860. The van der Waals surface area contributed by atoms with Crippen molar-refractivity contribution in [1.82, 2.24) is 10.2 Å². The fraction of sp³-hybridized carbons (Fsp3) is 0.667. The lowest BCUT2D eigenvalue weighted by Gasteiger charge is -2.42. The van der Waals surface area contributed by atoms with Crippen LogP contribution in [0.2, 0.25) is 0 Å². The van der Waals surface area contributed by atoms with Gasteiger partial charge in [0.1, 0.15) is 0 Å². The summed E-state index contributed by atoms with van der Waals surface area (Å²) in [5.74, 6) is 0.662. The second-order valence-electron chi connectivity index (χ2n) is 6.20. The fourth-order valence-corrected chi connectivity index (χ4v) is 3.55. The van der Waals surface area contributed by atoms with Crippen LogP contribution in [0.3, 0.4) is 0 Å². The van der Waals surface area contributed by atoms with Crippen LogP contribution in [-0.4, -0.2) is 31.1 Å². The van der Waals surface area contributed by atoms with Crippen LogP contribution < -0.4 is 5.32 Å². The summed E-state index contributed by atoms with van der Waals surface area (Å²) in [6.45, 7) is 9.10. The molecular formula is C18H30N2. The van der Waals surface area contributed by atoms with E-state index in [2.05, 4.69) is 62.3 Å². The summed E-state index contributed by atoms with van der Waals surface area (Å²) in [6.07, 6.45) is 3.83. The number of likely N-dealkylation sites (N-methyl/N-ethyl adjacent to an activating group) is 2. The maximum Gasteiger partial charge on any atom is 0.0481 e. The van der Waals surface area contributed by atoms with E-state index in [0.29, 0.717) is 18.0 Å². The molecule has 2 heteroatoms. The van der Waals surface area contributed by atoms with E-state index < -0.39 is 0 Å². The normalized spacial score (nSPS) is 25.8. The van der Waals surface area contributed by atoms with Crippen molar-refractivity contribution in [3.05, 3.63) is 35.4 Å². The molecule has 3 atom stereocenters. The first-order valence-electron chi connectivity index (χ1n) is 8.21. The smallest absolute Gasteiger partial charge is 0.0481 e. The molecule has 112 valence electrons. The molecule has 3 unspecified atom stereocenters. The third-order valence-electron chi connectivity index (χ3n) is 4.70. The van der Waals surface area contributed by atoms with E-state index in [-0.39, 0.29) is 0 Å². The molecule has 0 spiro atoms. The van der Waals surface area contributed by atoms with E-state index in [1.54, 1.807) is 5.56 Å². The average molecular weight is 274 g/mol. The van der Waals surface area contributed by atoms with Crippen LogP contribution in [0.1, 0.15) is 63.1 Å². The molecule has 1 aromatic carbocycles. The minimum atomic E-state index is 0.481. The van der Waals surface area contributed by atoms with Crippen LogP contribution in [0.4, 0.5) is 0 Å². The Morgan fingerprint density at radius 1 is 1.20 bits per heavy atom. The molecule has 0 fully saturated rings. The monoisotopic (exact) mass is 274 g/mol. The van der Waals surface area contributed by atoms with Gasteiger partial charge in [-0.1, -0.05) is 51.5 Å². The van der Waals surface area contributed by atoms with Crippen molar-refractivity contribution in [1.29, 1.82) is 0 Å². The minimum absolute atomic E-state index is 0.481. The summed E-state index contributed by atoms with van der Waals surface area (Å²) in [7, 11) is 2.30. The van der Waals surface area contributed by atoms with Crippen molar-refractivity contribution in [3.63, 3.8) is 0 Å². The van der Waals surface area contributed by atoms with Gasteiger partial charge >= 0.3 is 0 Å². The maximum atomic E-state index is 3.73. The van der Waals surface area contributed by atoms with Gasteiger partial charge in [-0.2, -0.15) is 0 Å². The van der Waals surface area contributed by atoms with Gasteiger partial charge < -0.3 is 10.2 Å².